The molecule has 0 amide bonds. The van der Waals surface area contributed by atoms with E-state index in [1.54, 1.807) is 0 Å². The van der Waals surface area contributed by atoms with Gasteiger partial charge in [0.2, 0.25) is 7.73 Å². The van der Waals surface area contributed by atoms with Gasteiger partial charge in [-0.05, 0) is 11.2 Å². The van der Waals surface area contributed by atoms with Crippen LogP contribution in [0.2, 0.25) is 0 Å². The second-order valence-corrected chi connectivity index (χ2v) is 1.93. The third-order valence-corrected chi connectivity index (χ3v) is 0.612. The Kier molecular flexibility index (Phi) is 10.9. The van der Waals surface area contributed by atoms with Gasteiger partial charge in [-0.25, -0.2) is 7.11 Å². The molecule has 0 aliphatic carbocycles. The van der Waals surface area contributed by atoms with Gasteiger partial charge in [0, 0.05) is 21.1 Å². The van der Waals surface area contributed by atoms with Crippen molar-refractivity contribution >= 4 is 19.0 Å². The molecule has 0 spiro atoms. The van der Waals surface area contributed by atoms with E-state index in [1.807, 2.05) is 0 Å². The van der Waals surface area contributed by atoms with Gasteiger partial charge in [0.05, 0.1) is 0 Å². The fourth-order valence-corrected chi connectivity index (χ4v) is 0. The van der Waals surface area contributed by atoms with Crippen molar-refractivity contribution in [1.29, 1.82) is 0 Å². The van der Waals surface area contributed by atoms with Crippen LogP contribution in [0.25, 0.3) is 0 Å². The molecule has 1 atom stereocenters. The van der Waals surface area contributed by atoms with Gasteiger partial charge in [0.1, 0.15) is 0 Å². The van der Waals surface area contributed by atoms with Crippen molar-refractivity contribution in [2.24, 2.45) is 0 Å². The minimum atomic E-state index is -1.74. The van der Waals surface area contributed by atoms with E-state index in [0.29, 0.717) is 0 Å². The van der Waals surface area contributed by atoms with Crippen LogP contribution in [-0.2, 0) is 25.6 Å². The maximum absolute atomic E-state index is 7.91. The molecule has 0 aliphatic rings. The molecule has 0 aromatic rings. The molecule has 0 fully saturated rings. The summed E-state index contributed by atoms with van der Waals surface area (Å²) in [6.45, 7) is 0. The van der Waals surface area contributed by atoms with Crippen LogP contribution in [0.4, 0.5) is 0 Å². The Morgan fingerprint density at radius 1 is 1.83 bits per heavy atom. The molecular formula is CH3ClO2PW-. The third-order valence-electron chi connectivity index (χ3n) is 0.107. The molecule has 5 heteroatoms. The second kappa shape index (κ2) is 6.33. The van der Waals surface area contributed by atoms with E-state index in [9.17, 15) is 0 Å². The molecule has 0 heterocycles. The van der Waals surface area contributed by atoms with Gasteiger partial charge in [0.25, 0.3) is 0 Å². The van der Waals surface area contributed by atoms with Gasteiger partial charge >= 0.3 is 0 Å². The maximum atomic E-state index is 7.91. The summed E-state index contributed by atoms with van der Waals surface area (Å²) in [6, 6.07) is 0. The molecule has 0 rings (SSSR count). The predicted molar refractivity (Wildman–Crippen MR) is 21.4 cm³/mol. The van der Waals surface area contributed by atoms with Crippen molar-refractivity contribution in [1.82, 2.24) is 0 Å². The second-order valence-electron chi connectivity index (χ2n) is 0.355. The Balaban J connectivity index is 0. The monoisotopic (exact) mass is 297 g/mol. The van der Waals surface area contributed by atoms with E-state index in [0.717, 1.165) is 0 Å². The fraction of sp³-hybridized carbons (Fsp3) is 0. The summed E-state index contributed by atoms with van der Waals surface area (Å²) < 4.78 is 3.89. The van der Waals surface area contributed by atoms with Crippen LogP contribution in [0, 0.1) is 7.11 Å². The molecule has 0 saturated carbocycles. The van der Waals surface area contributed by atoms with Gasteiger partial charge in [0.15, 0.2) is 0 Å². The summed E-state index contributed by atoms with van der Waals surface area (Å²) in [5, 5.41) is 0. The molecule has 1 unspecified atom stereocenters. The number of hydrogen-bond acceptors (Lipinski definition) is 2. The van der Waals surface area contributed by atoms with Crippen molar-refractivity contribution < 1.29 is 30.5 Å². The third kappa shape index (κ3) is 9.01. The summed E-state index contributed by atoms with van der Waals surface area (Å²) in [6.07, 6.45) is 0. The van der Waals surface area contributed by atoms with E-state index in [4.69, 9.17) is 16.1 Å². The summed E-state index contributed by atoms with van der Waals surface area (Å²) in [5.41, 5.74) is 0. The van der Waals surface area contributed by atoms with Crippen molar-refractivity contribution in [3.05, 3.63) is 7.11 Å². The molecular weight excluding hydrogens is 294 g/mol. The van der Waals surface area contributed by atoms with Crippen molar-refractivity contribution in [2.45, 2.75) is 0 Å². The van der Waals surface area contributed by atoms with Crippen molar-refractivity contribution in [3.63, 3.8) is 0 Å². The van der Waals surface area contributed by atoms with Gasteiger partial charge in [-0.3, -0.25) is 0 Å². The number of hydrogen-bond donors (Lipinski definition) is 1. The first-order chi connectivity index (χ1) is 2.27. The first kappa shape index (κ1) is 10.3. The number of halogens is 1. The summed E-state index contributed by atoms with van der Waals surface area (Å²) >= 11 is 4.80. The zero-order valence-electron chi connectivity index (χ0n) is 2.80. The van der Waals surface area contributed by atoms with Crippen LogP contribution >= 0.6 is 19.0 Å². The quantitative estimate of drug-likeness (QED) is 0.583. The maximum Gasteiger partial charge on any atom is 0.240 e. The minimum Gasteiger partial charge on any atom is -0.503 e. The molecule has 6 heavy (non-hydrogen) atoms. The van der Waals surface area contributed by atoms with E-state index in [1.165, 1.54) is 0 Å². The van der Waals surface area contributed by atoms with E-state index in [-0.39, 0.29) is 21.1 Å². The molecule has 0 radical (unpaired) electrons. The molecule has 0 aromatic carbocycles. The van der Waals surface area contributed by atoms with Crippen LogP contribution < -0.4 is 0 Å². The van der Waals surface area contributed by atoms with Gasteiger partial charge in [-0.1, -0.05) is 0 Å². The summed E-state index contributed by atoms with van der Waals surface area (Å²) in [5.74, 6) is 0. The zero-order valence-corrected chi connectivity index (χ0v) is 7.38. The molecule has 0 aliphatic heterocycles. The van der Waals surface area contributed by atoms with E-state index < -0.39 is 7.73 Å². The first-order valence-electron chi connectivity index (χ1n) is 0.840. The van der Waals surface area contributed by atoms with Crippen LogP contribution in [0.3, 0.4) is 0 Å². The van der Waals surface area contributed by atoms with Gasteiger partial charge in [-0.15, -0.1) is 0 Å². The Morgan fingerprint density at radius 2 is 2.00 bits per heavy atom. The largest absolute Gasteiger partial charge is 0.503 e. The molecule has 0 bridgehead atoms. The molecule has 0 saturated heterocycles. The molecule has 1 N–H and O–H groups in total. The normalized spacial score (nSPS) is 12.5. The summed E-state index contributed by atoms with van der Waals surface area (Å²) in [7, 11) is 1.09. The standard InChI is InChI=1S/CH3ClO2P.W/c1-4-5(2)3;/h3H,1H2;/q-1;. The average molecular weight is 297 g/mol. The van der Waals surface area contributed by atoms with Crippen LogP contribution in [0.1, 0.15) is 0 Å². The molecule has 38 valence electrons. The predicted octanol–water partition coefficient (Wildman–Crippen LogP) is 1.25. The number of rotatable bonds is 1. The smallest absolute Gasteiger partial charge is 0.240 e. The van der Waals surface area contributed by atoms with Gasteiger partial charge < -0.3 is 9.42 Å². The topological polar surface area (TPSA) is 29.5 Å². The van der Waals surface area contributed by atoms with Crippen LogP contribution in [-0.4, -0.2) is 4.89 Å². The Hall–Kier alpha value is 1.33. The Morgan fingerprint density at radius 3 is 2.00 bits per heavy atom. The fourth-order valence-electron chi connectivity index (χ4n) is 0. The molecule has 2 nitrogen and oxygen atoms in total. The minimum absolute atomic E-state index is 0. The van der Waals surface area contributed by atoms with E-state index in [2.05, 4.69) is 11.6 Å². The van der Waals surface area contributed by atoms with Crippen molar-refractivity contribution in [2.75, 3.05) is 0 Å². The van der Waals surface area contributed by atoms with E-state index >= 15 is 0 Å². The van der Waals surface area contributed by atoms with Crippen molar-refractivity contribution in [3.8, 4) is 0 Å². The van der Waals surface area contributed by atoms with Crippen LogP contribution in [0.5, 0.6) is 0 Å². The summed E-state index contributed by atoms with van der Waals surface area (Å²) in [4.78, 5) is 7.91. The molecule has 0 aromatic heterocycles. The Bertz CT molecular complexity index is 27.5. The van der Waals surface area contributed by atoms with Crippen LogP contribution in [0.15, 0.2) is 0 Å². The zero-order chi connectivity index (χ0) is 4.28. The average Bonchev–Trinajstić information content (AvgIpc) is 1.38. The van der Waals surface area contributed by atoms with Gasteiger partial charge in [-0.2, -0.15) is 0 Å². The SMILES string of the molecule is [CH2-]OP(O)Cl.[W]. The Labute approximate surface area is 56.8 Å². The first-order valence-corrected chi connectivity index (χ1v) is 2.96.